The molecule has 0 saturated heterocycles. The highest BCUT2D eigenvalue weighted by atomic mass is 16.5. The molecule has 0 aliphatic rings. The lowest BCUT2D eigenvalue weighted by atomic mass is 10.1. The lowest BCUT2D eigenvalue weighted by molar-refractivity contribution is -0.118. The summed E-state index contributed by atoms with van der Waals surface area (Å²) in [6.45, 7) is 2.04. The van der Waals surface area contributed by atoms with Crippen LogP contribution in [0.25, 0.3) is 10.9 Å². The van der Waals surface area contributed by atoms with Gasteiger partial charge < -0.3 is 14.8 Å². The molecule has 2 aromatic carbocycles. The second-order valence-corrected chi connectivity index (χ2v) is 5.55. The van der Waals surface area contributed by atoms with Crippen molar-refractivity contribution >= 4 is 22.5 Å². The Labute approximate surface area is 146 Å². The SMILES string of the molecule is CCc1ccc(OCC(=O)Nc2ccc(OC)c3ncccc23)cc1. The van der Waals surface area contributed by atoms with E-state index in [0.717, 1.165) is 11.8 Å². The standard InChI is InChI=1S/C20H20N2O3/c1-3-14-6-8-15(9-7-14)25-13-19(23)22-17-10-11-18(24-2)20-16(17)5-4-12-21-20/h4-12H,3,13H2,1-2H3,(H,22,23). The highest BCUT2D eigenvalue weighted by molar-refractivity contribution is 6.03. The summed E-state index contributed by atoms with van der Waals surface area (Å²) in [7, 11) is 1.60. The molecule has 0 fully saturated rings. The molecular weight excluding hydrogens is 316 g/mol. The topological polar surface area (TPSA) is 60.5 Å². The first-order chi connectivity index (χ1) is 12.2. The summed E-state index contributed by atoms with van der Waals surface area (Å²) in [5.41, 5.74) is 2.62. The summed E-state index contributed by atoms with van der Waals surface area (Å²) in [6, 6.07) is 15.0. The predicted molar refractivity (Wildman–Crippen MR) is 98.2 cm³/mol. The molecule has 0 radical (unpaired) electrons. The minimum absolute atomic E-state index is 0.0563. The minimum atomic E-state index is -0.227. The molecule has 0 saturated carbocycles. The van der Waals surface area contributed by atoms with Gasteiger partial charge in [-0.1, -0.05) is 19.1 Å². The number of aromatic nitrogens is 1. The van der Waals surface area contributed by atoms with Crippen molar-refractivity contribution in [2.24, 2.45) is 0 Å². The Kier molecular flexibility index (Phi) is 5.14. The zero-order chi connectivity index (χ0) is 17.6. The van der Waals surface area contributed by atoms with Crippen LogP contribution in [0, 0.1) is 0 Å². The first-order valence-corrected chi connectivity index (χ1v) is 8.14. The first kappa shape index (κ1) is 16.8. The van der Waals surface area contributed by atoms with Crippen molar-refractivity contribution in [3.8, 4) is 11.5 Å². The zero-order valence-corrected chi connectivity index (χ0v) is 14.3. The molecule has 5 heteroatoms. The molecule has 0 unspecified atom stereocenters. The molecule has 0 spiro atoms. The van der Waals surface area contributed by atoms with Crippen molar-refractivity contribution in [2.75, 3.05) is 19.0 Å². The average Bonchev–Trinajstić information content (AvgIpc) is 2.67. The Bertz CT molecular complexity index is 876. The molecule has 128 valence electrons. The minimum Gasteiger partial charge on any atom is -0.494 e. The van der Waals surface area contributed by atoms with Gasteiger partial charge in [-0.25, -0.2) is 0 Å². The summed E-state index contributed by atoms with van der Waals surface area (Å²) in [5, 5.41) is 3.69. The first-order valence-electron chi connectivity index (χ1n) is 8.14. The maximum atomic E-state index is 12.2. The molecule has 1 N–H and O–H groups in total. The van der Waals surface area contributed by atoms with Crippen LogP contribution in [-0.4, -0.2) is 24.6 Å². The molecule has 1 amide bonds. The van der Waals surface area contributed by atoms with E-state index in [-0.39, 0.29) is 12.5 Å². The van der Waals surface area contributed by atoms with Gasteiger partial charge in [-0.15, -0.1) is 0 Å². The maximum absolute atomic E-state index is 12.2. The number of methoxy groups -OCH3 is 1. The van der Waals surface area contributed by atoms with E-state index in [0.29, 0.717) is 22.7 Å². The van der Waals surface area contributed by atoms with Crippen molar-refractivity contribution < 1.29 is 14.3 Å². The summed E-state index contributed by atoms with van der Waals surface area (Å²) in [6.07, 6.45) is 2.67. The van der Waals surface area contributed by atoms with E-state index >= 15 is 0 Å². The maximum Gasteiger partial charge on any atom is 0.262 e. The molecule has 1 aromatic heterocycles. The number of nitrogens with one attached hydrogen (secondary N) is 1. The molecule has 3 aromatic rings. The molecule has 0 aliphatic carbocycles. The molecule has 25 heavy (non-hydrogen) atoms. The van der Waals surface area contributed by atoms with Crippen molar-refractivity contribution in [1.29, 1.82) is 0 Å². The second-order valence-electron chi connectivity index (χ2n) is 5.55. The summed E-state index contributed by atoms with van der Waals surface area (Å²) in [4.78, 5) is 16.5. The number of hydrogen-bond donors (Lipinski definition) is 1. The molecule has 1 heterocycles. The summed E-state index contributed by atoms with van der Waals surface area (Å²) < 4.78 is 10.9. The fourth-order valence-corrected chi connectivity index (χ4v) is 2.58. The van der Waals surface area contributed by atoms with Crippen molar-refractivity contribution in [2.45, 2.75) is 13.3 Å². The number of nitrogens with zero attached hydrogens (tertiary/aromatic N) is 1. The van der Waals surface area contributed by atoms with Crippen LogP contribution in [0.3, 0.4) is 0 Å². The number of amides is 1. The van der Waals surface area contributed by atoms with E-state index in [2.05, 4.69) is 17.2 Å². The van der Waals surface area contributed by atoms with Gasteiger partial charge in [0.25, 0.3) is 5.91 Å². The smallest absolute Gasteiger partial charge is 0.262 e. The number of fused-ring (bicyclic) bond motifs is 1. The Morgan fingerprint density at radius 3 is 2.64 bits per heavy atom. The lowest BCUT2D eigenvalue weighted by Crippen LogP contribution is -2.20. The van der Waals surface area contributed by atoms with Crippen molar-refractivity contribution in [1.82, 2.24) is 4.98 Å². The number of ether oxygens (including phenoxy) is 2. The normalized spacial score (nSPS) is 10.5. The third kappa shape index (κ3) is 3.88. The average molecular weight is 336 g/mol. The van der Waals surface area contributed by atoms with E-state index in [4.69, 9.17) is 9.47 Å². The second kappa shape index (κ2) is 7.66. The molecule has 0 aliphatic heterocycles. The van der Waals surface area contributed by atoms with Crippen LogP contribution in [0.5, 0.6) is 11.5 Å². The zero-order valence-electron chi connectivity index (χ0n) is 14.3. The van der Waals surface area contributed by atoms with E-state index in [1.807, 2.05) is 36.4 Å². The number of hydrogen-bond acceptors (Lipinski definition) is 4. The fraction of sp³-hybridized carbons (Fsp3) is 0.200. The summed E-state index contributed by atoms with van der Waals surface area (Å²) in [5.74, 6) is 1.12. The number of carbonyl (C=O) groups excluding carboxylic acids is 1. The summed E-state index contributed by atoms with van der Waals surface area (Å²) >= 11 is 0. The van der Waals surface area contributed by atoms with Crippen molar-refractivity contribution in [3.05, 3.63) is 60.3 Å². The molecular formula is C20H20N2O3. The van der Waals surface area contributed by atoms with E-state index in [1.165, 1.54) is 5.56 Å². The van der Waals surface area contributed by atoms with Crippen LogP contribution in [0.1, 0.15) is 12.5 Å². The Balaban J connectivity index is 1.69. The third-order valence-corrected chi connectivity index (χ3v) is 3.93. The van der Waals surface area contributed by atoms with Gasteiger partial charge in [-0.3, -0.25) is 9.78 Å². The number of anilines is 1. The molecule has 0 atom stereocenters. The van der Waals surface area contributed by atoms with Crippen LogP contribution >= 0.6 is 0 Å². The molecule has 5 nitrogen and oxygen atoms in total. The van der Waals surface area contributed by atoms with Crippen LogP contribution < -0.4 is 14.8 Å². The Morgan fingerprint density at radius 1 is 1.12 bits per heavy atom. The van der Waals surface area contributed by atoms with Crippen molar-refractivity contribution in [3.63, 3.8) is 0 Å². The fourth-order valence-electron chi connectivity index (χ4n) is 2.58. The highest BCUT2D eigenvalue weighted by Gasteiger charge is 2.10. The van der Waals surface area contributed by atoms with E-state index in [9.17, 15) is 4.79 Å². The van der Waals surface area contributed by atoms with Gasteiger partial charge >= 0.3 is 0 Å². The quantitative estimate of drug-likeness (QED) is 0.743. The Hall–Kier alpha value is -3.08. The van der Waals surface area contributed by atoms with E-state index < -0.39 is 0 Å². The number of aryl methyl sites for hydroxylation is 1. The van der Waals surface area contributed by atoms with Gasteiger partial charge in [0.05, 0.1) is 12.8 Å². The van der Waals surface area contributed by atoms with Gasteiger partial charge in [0.1, 0.15) is 17.0 Å². The largest absolute Gasteiger partial charge is 0.494 e. The van der Waals surface area contributed by atoms with Gasteiger partial charge in [0.2, 0.25) is 0 Å². The highest BCUT2D eigenvalue weighted by Crippen LogP contribution is 2.29. The molecule has 0 bridgehead atoms. The number of carbonyl (C=O) groups is 1. The lowest BCUT2D eigenvalue weighted by Gasteiger charge is -2.11. The van der Waals surface area contributed by atoms with Crippen LogP contribution in [0.15, 0.2) is 54.7 Å². The number of rotatable bonds is 6. The van der Waals surface area contributed by atoms with Gasteiger partial charge in [0, 0.05) is 11.6 Å². The van der Waals surface area contributed by atoms with Gasteiger partial charge in [-0.2, -0.15) is 0 Å². The van der Waals surface area contributed by atoms with E-state index in [1.54, 1.807) is 25.4 Å². The third-order valence-electron chi connectivity index (χ3n) is 3.93. The monoisotopic (exact) mass is 336 g/mol. The number of benzene rings is 2. The van der Waals surface area contributed by atoms with Gasteiger partial charge in [0.15, 0.2) is 6.61 Å². The van der Waals surface area contributed by atoms with Crippen LogP contribution in [0.4, 0.5) is 5.69 Å². The van der Waals surface area contributed by atoms with Gasteiger partial charge in [-0.05, 0) is 48.4 Å². The predicted octanol–water partition coefficient (Wildman–Crippen LogP) is 3.82. The van der Waals surface area contributed by atoms with Crippen LogP contribution in [-0.2, 0) is 11.2 Å². The Morgan fingerprint density at radius 2 is 1.92 bits per heavy atom. The number of pyridine rings is 1. The molecule has 3 rings (SSSR count). The van der Waals surface area contributed by atoms with Crippen LogP contribution in [0.2, 0.25) is 0 Å².